The standard InChI is InChI=1S/C13H18N4S/c1-9-11(7-17(2)16-9)12-8-18-13(15-12)6-10-4-3-5-14-10/h7-8,10,14H,3-6H2,1-2H3. The lowest BCUT2D eigenvalue weighted by Crippen LogP contribution is -2.23. The summed E-state index contributed by atoms with van der Waals surface area (Å²) < 4.78 is 1.85. The second-order valence-corrected chi connectivity index (χ2v) is 5.87. The predicted molar refractivity (Wildman–Crippen MR) is 73.8 cm³/mol. The molecule has 1 aliphatic rings. The predicted octanol–water partition coefficient (Wildman–Crippen LogP) is 2.15. The van der Waals surface area contributed by atoms with Gasteiger partial charge in [0.15, 0.2) is 0 Å². The minimum atomic E-state index is 0.624. The van der Waals surface area contributed by atoms with Gasteiger partial charge in [0.25, 0.3) is 0 Å². The van der Waals surface area contributed by atoms with E-state index in [0.29, 0.717) is 6.04 Å². The number of thiazole rings is 1. The average molecular weight is 262 g/mol. The van der Waals surface area contributed by atoms with Crippen molar-refractivity contribution >= 4 is 11.3 Å². The van der Waals surface area contributed by atoms with Crippen LogP contribution >= 0.6 is 11.3 Å². The summed E-state index contributed by atoms with van der Waals surface area (Å²) >= 11 is 1.76. The molecule has 1 N–H and O–H groups in total. The van der Waals surface area contributed by atoms with E-state index in [1.54, 1.807) is 11.3 Å². The van der Waals surface area contributed by atoms with E-state index in [0.717, 1.165) is 29.9 Å². The highest BCUT2D eigenvalue weighted by Gasteiger charge is 2.17. The molecule has 0 spiro atoms. The highest BCUT2D eigenvalue weighted by molar-refractivity contribution is 7.09. The Balaban J connectivity index is 1.78. The van der Waals surface area contributed by atoms with Crippen LogP contribution in [0.4, 0.5) is 0 Å². The van der Waals surface area contributed by atoms with Gasteiger partial charge in [-0.1, -0.05) is 0 Å². The van der Waals surface area contributed by atoms with Gasteiger partial charge in [0.05, 0.1) is 16.4 Å². The summed E-state index contributed by atoms with van der Waals surface area (Å²) in [4.78, 5) is 4.74. The fourth-order valence-electron chi connectivity index (χ4n) is 2.52. The van der Waals surface area contributed by atoms with Crippen LogP contribution in [-0.4, -0.2) is 27.4 Å². The Morgan fingerprint density at radius 1 is 1.56 bits per heavy atom. The monoisotopic (exact) mass is 262 g/mol. The molecule has 1 fully saturated rings. The molecule has 3 rings (SSSR count). The van der Waals surface area contributed by atoms with Crippen LogP contribution in [0.25, 0.3) is 11.3 Å². The van der Waals surface area contributed by atoms with Gasteiger partial charge in [-0.3, -0.25) is 4.68 Å². The van der Waals surface area contributed by atoms with Gasteiger partial charge in [-0.05, 0) is 26.3 Å². The first-order valence-electron chi connectivity index (χ1n) is 6.41. The van der Waals surface area contributed by atoms with Crippen LogP contribution in [0.1, 0.15) is 23.5 Å². The maximum absolute atomic E-state index is 4.74. The van der Waals surface area contributed by atoms with Crippen molar-refractivity contribution in [2.75, 3.05) is 6.54 Å². The normalized spacial score (nSPS) is 19.6. The average Bonchev–Trinajstić information content (AvgIpc) is 3.01. The molecule has 0 aliphatic carbocycles. The molecule has 1 unspecified atom stereocenters. The van der Waals surface area contributed by atoms with E-state index in [1.165, 1.54) is 17.8 Å². The molecule has 18 heavy (non-hydrogen) atoms. The minimum absolute atomic E-state index is 0.624. The van der Waals surface area contributed by atoms with E-state index >= 15 is 0 Å². The quantitative estimate of drug-likeness (QED) is 0.921. The number of hydrogen-bond donors (Lipinski definition) is 1. The second kappa shape index (κ2) is 4.82. The smallest absolute Gasteiger partial charge is 0.0948 e. The highest BCUT2D eigenvalue weighted by atomic mass is 32.1. The van der Waals surface area contributed by atoms with Gasteiger partial charge in [0, 0.05) is 36.7 Å². The van der Waals surface area contributed by atoms with Crippen LogP contribution in [0, 0.1) is 6.92 Å². The lowest BCUT2D eigenvalue weighted by atomic mass is 10.1. The summed E-state index contributed by atoms with van der Waals surface area (Å²) in [5, 5.41) is 11.3. The maximum Gasteiger partial charge on any atom is 0.0948 e. The fourth-order valence-corrected chi connectivity index (χ4v) is 3.40. The Hall–Kier alpha value is -1.20. The van der Waals surface area contributed by atoms with Crippen LogP contribution in [0.15, 0.2) is 11.6 Å². The van der Waals surface area contributed by atoms with Crippen molar-refractivity contribution < 1.29 is 0 Å². The minimum Gasteiger partial charge on any atom is -0.314 e. The molecule has 1 atom stereocenters. The summed E-state index contributed by atoms with van der Waals surface area (Å²) in [7, 11) is 1.95. The van der Waals surface area contributed by atoms with Gasteiger partial charge in [0.1, 0.15) is 0 Å². The number of aryl methyl sites for hydroxylation is 2. The molecule has 5 heteroatoms. The molecule has 1 aliphatic heterocycles. The van der Waals surface area contributed by atoms with Gasteiger partial charge in [-0.15, -0.1) is 11.3 Å². The SMILES string of the molecule is Cc1nn(C)cc1-c1csc(CC2CCCN2)n1. The van der Waals surface area contributed by atoms with E-state index in [1.807, 2.05) is 24.9 Å². The van der Waals surface area contributed by atoms with E-state index in [9.17, 15) is 0 Å². The molecule has 0 saturated carbocycles. The van der Waals surface area contributed by atoms with Gasteiger partial charge >= 0.3 is 0 Å². The molecule has 0 aromatic carbocycles. The molecule has 1 saturated heterocycles. The number of nitrogens with one attached hydrogen (secondary N) is 1. The van der Waals surface area contributed by atoms with Gasteiger partial charge < -0.3 is 5.32 Å². The molecule has 96 valence electrons. The van der Waals surface area contributed by atoms with Crippen LogP contribution in [-0.2, 0) is 13.5 Å². The summed E-state index contributed by atoms with van der Waals surface area (Å²) in [5.41, 5.74) is 3.27. The number of nitrogens with zero attached hydrogens (tertiary/aromatic N) is 3. The van der Waals surface area contributed by atoms with E-state index in [2.05, 4.69) is 15.8 Å². The summed E-state index contributed by atoms with van der Waals surface area (Å²) in [6.07, 6.45) is 5.68. The largest absolute Gasteiger partial charge is 0.314 e. The van der Waals surface area contributed by atoms with Crippen molar-refractivity contribution in [3.05, 3.63) is 22.3 Å². The number of aromatic nitrogens is 3. The van der Waals surface area contributed by atoms with Gasteiger partial charge in [-0.25, -0.2) is 4.98 Å². The molecule has 0 radical (unpaired) electrons. The Labute approximate surface area is 111 Å². The molecule has 0 bridgehead atoms. The van der Waals surface area contributed by atoms with E-state index < -0.39 is 0 Å². The third-order valence-corrected chi connectivity index (χ3v) is 4.30. The van der Waals surface area contributed by atoms with Crippen LogP contribution in [0.3, 0.4) is 0 Å². The third-order valence-electron chi connectivity index (χ3n) is 3.42. The molecule has 3 heterocycles. The van der Waals surface area contributed by atoms with Crippen molar-refractivity contribution in [2.24, 2.45) is 7.05 Å². The van der Waals surface area contributed by atoms with Crippen molar-refractivity contribution in [3.8, 4) is 11.3 Å². The molecule has 4 nitrogen and oxygen atoms in total. The topological polar surface area (TPSA) is 42.7 Å². The zero-order chi connectivity index (χ0) is 12.5. The van der Waals surface area contributed by atoms with Crippen LogP contribution in [0.5, 0.6) is 0 Å². The van der Waals surface area contributed by atoms with Crippen LogP contribution in [0.2, 0.25) is 0 Å². The first-order valence-corrected chi connectivity index (χ1v) is 7.29. The lowest BCUT2D eigenvalue weighted by Gasteiger charge is -2.06. The van der Waals surface area contributed by atoms with E-state index in [-0.39, 0.29) is 0 Å². The Morgan fingerprint density at radius 3 is 3.11 bits per heavy atom. The number of rotatable bonds is 3. The summed E-state index contributed by atoms with van der Waals surface area (Å²) in [6, 6.07) is 0.624. The molecule has 2 aromatic heterocycles. The Morgan fingerprint density at radius 2 is 2.44 bits per heavy atom. The van der Waals surface area contributed by atoms with Gasteiger partial charge in [0.2, 0.25) is 0 Å². The highest BCUT2D eigenvalue weighted by Crippen LogP contribution is 2.25. The summed E-state index contributed by atoms with van der Waals surface area (Å²) in [6.45, 7) is 3.19. The van der Waals surface area contributed by atoms with Crippen molar-refractivity contribution in [1.82, 2.24) is 20.1 Å². The lowest BCUT2D eigenvalue weighted by molar-refractivity contribution is 0.601. The zero-order valence-corrected chi connectivity index (χ0v) is 11.6. The van der Waals surface area contributed by atoms with Crippen molar-refractivity contribution in [1.29, 1.82) is 0 Å². The fraction of sp³-hybridized carbons (Fsp3) is 0.538. The molecule has 2 aromatic rings. The first kappa shape index (κ1) is 11.9. The maximum atomic E-state index is 4.74. The van der Waals surface area contributed by atoms with E-state index in [4.69, 9.17) is 4.98 Å². The van der Waals surface area contributed by atoms with Crippen molar-refractivity contribution in [2.45, 2.75) is 32.2 Å². The molecular formula is C13H18N4S. The van der Waals surface area contributed by atoms with Gasteiger partial charge in [-0.2, -0.15) is 5.10 Å². The first-order chi connectivity index (χ1) is 8.72. The molecule has 0 amide bonds. The number of hydrogen-bond acceptors (Lipinski definition) is 4. The molecular weight excluding hydrogens is 244 g/mol. The van der Waals surface area contributed by atoms with Crippen molar-refractivity contribution in [3.63, 3.8) is 0 Å². The van der Waals surface area contributed by atoms with Crippen LogP contribution < -0.4 is 5.32 Å². The summed E-state index contributed by atoms with van der Waals surface area (Å²) in [5.74, 6) is 0. The Bertz CT molecular complexity index is 537. The second-order valence-electron chi connectivity index (χ2n) is 4.93. The third kappa shape index (κ3) is 2.33. The Kier molecular flexibility index (Phi) is 3.18. The zero-order valence-electron chi connectivity index (χ0n) is 10.8.